The van der Waals surface area contributed by atoms with E-state index in [1.54, 1.807) is 0 Å². The van der Waals surface area contributed by atoms with Crippen molar-refractivity contribution in [2.24, 2.45) is 5.92 Å². The average Bonchev–Trinajstić information content (AvgIpc) is 2.52. The average molecular weight is 302 g/mol. The Labute approximate surface area is 132 Å². The van der Waals surface area contributed by atoms with Crippen LogP contribution in [0.3, 0.4) is 0 Å². The second-order valence-electron chi connectivity index (χ2n) is 7.31. The molecule has 0 bridgehead atoms. The summed E-state index contributed by atoms with van der Waals surface area (Å²) in [5.41, 5.74) is 2.99. The maximum Gasteiger partial charge on any atom is 0.337 e. The van der Waals surface area contributed by atoms with Gasteiger partial charge in [0.05, 0.1) is 18.3 Å². The lowest BCUT2D eigenvalue weighted by Crippen LogP contribution is -2.48. The predicted octanol–water partition coefficient (Wildman–Crippen LogP) is 3.62. The van der Waals surface area contributed by atoms with Gasteiger partial charge in [-0.3, -0.25) is 0 Å². The number of benzene rings is 1. The third-order valence-corrected chi connectivity index (χ3v) is 6.03. The second-order valence-corrected chi connectivity index (χ2v) is 7.31. The molecule has 3 rings (SSSR count). The highest BCUT2D eigenvalue weighted by atomic mass is 16.5. The lowest BCUT2D eigenvalue weighted by atomic mass is 9.53. The Morgan fingerprint density at radius 2 is 2.18 bits per heavy atom. The molecule has 1 fully saturated rings. The quantitative estimate of drug-likeness (QED) is 0.849. The van der Waals surface area contributed by atoms with Gasteiger partial charge in [-0.05, 0) is 80.0 Å². The molecule has 0 amide bonds. The molecule has 120 valence electrons. The van der Waals surface area contributed by atoms with Crippen LogP contribution >= 0.6 is 0 Å². The van der Waals surface area contributed by atoms with E-state index in [0.717, 1.165) is 38.5 Å². The van der Waals surface area contributed by atoms with Crippen molar-refractivity contribution in [2.45, 2.75) is 63.4 Å². The summed E-state index contributed by atoms with van der Waals surface area (Å²) in [6.45, 7) is 4.23. The van der Waals surface area contributed by atoms with Crippen LogP contribution in [0.2, 0.25) is 0 Å². The van der Waals surface area contributed by atoms with E-state index in [9.17, 15) is 9.90 Å². The normalized spacial score (nSPS) is 33.7. The van der Waals surface area contributed by atoms with Gasteiger partial charge < -0.3 is 9.84 Å². The number of methoxy groups -OCH3 is 1. The van der Waals surface area contributed by atoms with E-state index in [2.05, 4.69) is 13.0 Å². The van der Waals surface area contributed by atoms with E-state index in [4.69, 9.17) is 4.74 Å². The third-order valence-electron chi connectivity index (χ3n) is 6.03. The number of esters is 1. The highest BCUT2D eigenvalue weighted by Gasteiger charge is 2.49. The van der Waals surface area contributed by atoms with E-state index < -0.39 is 5.60 Å². The van der Waals surface area contributed by atoms with Crippen molar-refractivity contribution < 1.29 is 14.6 Å². The molecule has 0 heterocycles. The Kier molecular flexibility index (Phi) is 3.80. The van der Waals surface area contributed by atoms with E-state index in [1.165, 1.54) is 18.2 Å². The van der Waals surface area contributed by atoms with Crippen LogP contribution in [0.4, 0.5) is 0 Å². The van der Waals surface area contributed by atoms with Crippen LogP contribution in [0.25, 0.3) is 0 Å². The van der Waals surface area contributed by atoms with Gasteiger partial charge in [0.2, 0.25) is 0 Å². The number of carbonyl (C=O) groups excluding carboxylic acids is 1. The molecule has 0 saturated heterocycles. The zero-order chi connectivity index (χ0) is 16.0. The van der Waals surface area contributed by atoms with E-state index >= 15 is 0 Å². The Morgan fingerprint density at radius 1 is 1.41 bits per heavy atom. The van der Waals surface area contributed by atoms with Crippen molar-refractivity contribution >= 4 is 5.97 Å². The first-order valence-electron chi connectivity index (χ1n) is 8.36. The number of hydrogen-bond acceptors (Lipinski definition) is 3. The highest BCUT2D eigenvalue weighted by molar-refractivity contribution is 5.89. The molecule has 1 aromatic carbocycles. The van der Waals surface area contributed by atoms with Crippen LogP contribution in [-0.2, 0) is 16.6 Å². The zero-order valence-corrected chi connectivity index (χ0v) is 13.8. The van der Waals surface area contributed by atoms with Gasteiger partial charge in [-0.2, -0.15) is 0 Å². The maximum atomic E-state index is 11.8. The molecule has 1 N–H and O–H groups in total. The molecule has 1 aromatic rings. The standard InChI is InChI=1S/C19H26O3/c1-4-19-10-9-18(2,21)12-15(19)7-5-13-11-14(17(20)22-3)6-8-16(13)19/h6,8,11,15,21H,4-5,7,9-10,12H2,1-3H3. The fourth-order valence-corrected chi connectivity index (χ4v) is 4.77. The molecule has 2 aliphatic rings. The summed E-state index contributed by atoms with van der Waals surface area (Å²) in [6.07, 6.45) is 5.96. The van der Waals surface area contributed by atoms with Gasteiger partial charge in [-0.15, -0.1) is 0 Å². The molecule has 3 nitrogen and oxygen atoms in total. The SMILES string of the molecule is CCC12CCC(C)(O)CC1CCc1cc(C(=O)OC)ccc12. The molecule has 3 unspecified atom stereocenters. The molecule has 0 radical (unpaired) electrons. The summed E-state index contributed by atoms with van der Waals surface area (Å²) in [6, 6.07) is 6.05. The van der Waals surface area contributed by atoms with Gasteiger partial charge in [0.15, 0.2) is 0 Å². The molecule has 0 aliphatic heterocycles. The molecule has 0 aromatic heterocycles. The number of aliphatic hydroxyl groups is 1. The van der Waals surface area contributed by atoms with Crippen molar-refractivity contribution in [2.75, 3.05) is 7.11 Å². The van der Waals surface area contributed by atoms with Crippen molar-refractivity contribution in [1.82, 2.24) is 0 Å². The Morgan fingerprint density at radius 3 is 2.86 bits per heavy atom. The Hall–Kier alpha value is -1.35. The number of hydrogen-bond donors (Lipinski definition) is 1. The van der Waals surface area contributed by atoms with Gasteiger partial charge in [0.25, 0.3) is 0 Å². The molecular formula is C19H26O3. The highest BCUT2D eigenvalue weighted by Crippen LogP contribution is 2.54. The lowest BCUT2D eigenvalue weighted by Gasteiger charge is -2.52. The van der Waals surface area contributed by atoms with E-state index in [0.29, 0.717) is 11.5 Å². The first-order valence-corrected chi connectivity index (χ1v) is 8.36. The van der Waals surface area contributed by atoms with Crippen molar-refractivity contribution in [3.05, 3.63) is 34.9 Å². The fourth-order valence-electron chi connectivity index (χ4n) is 4.77. The first kappa shape index (κ1) is 15.5. The summed E-state index contributed by atoms with van der Waals surface area (Å²) in [7, 11) is 1.43. The van der Waals surface area contributed by atoms with Gasteiger partial charge in [0, 0.05) is 0 Å². The van der Waals surface area contributed by atoms with E-state index in [1.807, 2.05) is 19.1 Å². The minimum absolute atomic E-state index is 0.171. The van der Waals surface area contributed by atoms with Gasteiger partial charge in [0.1, 0.15) is 0 Å². The monoisotopic (exact) mass is 302 g/mol. The van der Waals surface area contributed by atoms with E-state index in [-0.39, 0.29) is 11.4 Å². The number of carbonyl (C=O) groups is 1. The molecular weight excluding hydrogens is 276 g/mol. The molecule has 2 aliphatic carbocycles. The summed E-state index contributed by atoms with van der Waals surface area (Å²) >= 11 is 0. The van der Waals surface area contributed by atoms with Crippen LogP contribution in [0.15, 0.2) is 18.2 Å². The summed E-state index contributed by atoms with van der Waals surface area (Å²) in [5.74, 6) is 0.278. The van der Waals surface area contributed by atoms with Crippen LogP contribution < -0.4 is 0 Å². The van der Waals surface area contributed by atoms with Crippen LogP contribution in [-0.4, -0.2) is 23.8 Å². The van der Waals surface area contributed by atoms with Gasteiger partial charge in [-0.25, -0.2) is 4.79 Å². The second kappa shape index (κ2) is 5.38. The predicted molar refractivity (Wildman–Crippen MR) is 86.0 cm³/mol. The molecule has 3 heteroatoms. The van der Waals surface area contributed by atoms with Crippen molar-refractivity contribution in [1.29, 1.82) is 0 Å². The number of aryl methyl sites for hydroxylation is 1. The zero-order valence-electron chi connectivity index (χ0n) is 13.8. The van der Waals surface area contributed by atoms with Crippen molar-refractivity contribution in [3.8, 4) is 0 Å². The third kappa shape index (κ3) is 2.36. The first-order chi connectivity index (χ1) is 10.4. The van der Waals surface area contributed by atoms with Crippen LogP contribution in [0.1, 0.15) is 67.4 Å². The molecule has 1 saturated carbocycles. The fraction of sp³-hybridized carbons (Fsp3) is 0.632. The number of rotatable bonds is 2. The van der Waals surface area contributed by atoms with Gasteiger partial charge >= 0.3 is 5.97 Å². The number of ether oxygens (including phenoxy) is 1. The summed E-state index contributed by atoms with van der Waals surface area (Å²) in [4.78, 5) is 11.8. The van der Waals surface area contributed by atoms with Crippen LogP contribution in [0.5, 0.6) is 0 Å². The van der Waals surface area contributed by atoms with Crippen molar-refractivity contribution in [3.63, 3.8) is 0 Å². The Bertz CT molecular complexity index is 590. The smallest absolute Gasteiger partial charge is 0.337 e. The minimum atomic E-state index is -0.521. The lowest BCUT2D eigenvalue weighted by molar-refractivity contribution is -0.0376. The summed E-state index contributed by atoms with van der Waals surface area (Å²) < 4.78 is 4.84. The maximum absolute atomic E-state index is 11.8. The van der Waals surface area contributed by atoms with Gasteiger partial charge in [-0.1, -0.05) is 13.0 Å². The topological polar surface area (TPSA) is 46.5 Å². The largest absolute Gasteiger partial charge is 0.465 e. The molecule has 22 heavy (non-hydrogen) atoms. The molecule has 3 atom stereocenters. The van der Waals surface area contributed by atoms with Crippen LogP contribution in [0, 0.1) is 5.92 Å². The molecule has 0 spiro atoms. The number of fused-ring (bicyclic) bond motifs is 3. The minimum Gasteiger partial charge on any atom is -0.465 e. The Balaban J connectivity index is 2.02. The summed E-state index contributed by atoms with van der Waals surface area (Å²) in [5, 5.41) is 10.5.